The molecule has 0 unspecified atom stereocenters. The van der Waals surface area contributed by atoms with Crippen LogP contribution in [0.15, 0.2) is 48.7 Å². The number of aromatic nitrogens is 1. The maximum absolute atomic E-state index is 13.7. The Balaban J connectivity index is 1.81. The topological polar surface area (TPSA) is 54.0 Å². The second kappa shape index (κ2) is 7.40. The van der Waals surface area contributed by atoms with Crippen LogP contribution in [0.1, 0.15) is 10.4 Å². The van der Waals surface area contributed by atoms with E-state index in [-0.39, 0.29) is 17.1 Å². The smallest absolute Gasteiger partial charge is 0.255 e. The number of anilines is 3. The average molecular weight is 379 g/mol. The molecule has 2 N–H and O–H groups in total. The van der Waals surface area contributed by atoms with Gasteiger partial charge in [-0.15, -0.1) is 0 Å². The molecule has 0 saturated carbocycles. The van der Waals surface area contributed by atoms with Crippen molar-refractivity contribution in [3.8, 4) is 0 Å². The Morgan fingerprint density at radius 1 is 0.815 bits per heavy atom. The van der Waals surface area contributed by atoms with Gasteiger partial charge in [-0.2, -0.15) is 0 Å². The Hall–Kier alpha value is -3.49. The molecular formula is C18H10F5N3O. The van der Waals surface area contributed by atoms with Crippen LogP contribution in [-0.2, 0) is 0 Å². The third-order valence-electron chi connectivity index (χ3n) is 3.50. The van der Waals surface area contributed by atoms with Crippen LogP contribution < -0.4 is 10.6 Å². The van der Waals surface area contributed by atoms with Gasteiger partial charge in [-0.25, -0.2) is 26.9 Å². The molecule has 1 aromatic heterocycles. The summed E-state index contributed by atoms with van der Waals surface area (Å²) in [6.07, 6.45) is 1.22. The molecule has 2 aromatic carbocycles. The first-order valence-corrected chi connectivity index (χ1v) is 7.48. The molecule has 0 radical (unpaired) electrons. The Morgan fingerprint density at radius 3 is 2.30 bits per heavy atom. The summed E-state index contributed by atoms with van der Waals surface area (Å²) in [5.74, 6) is -7.03. The van der Waals surface area contributed by atoms with E-state index in [2.05, 4.69) is 15.6 Å². The van der Waals surface area contributed by atoms with Gasteiger partial charge in [0.25, 0.3) is 5.91 Å². The van der Waals surface area contributed by atoms with Crippen LogP contribution in [-0.4, -0.2) is 10.9 Å². The monoisotopic (exact) mass is 379 g/mol. The molecule has 0 fully saturated rings. The molecule has 27 heavy (non-hydrogen) atoms. The van der Waals surface area contributed by atoms with Crippen molar-refractivity contribution in [1.29, 1.82) is 0 Å². The minimum atomic E-state index is -1.71. The van der Waals surface area contributed by atoms with E-state index in [1.54, 1.807) is 0 Å². The molecule has 0 aliphatic heterocycles. The summed E-state index contributed by atoms with van der Waals surface area (Å²) in [5.41, 5.74) is -0.637. The van der Waals surface area contributed by atoms with Crippen LogP contribution in [0.3, 0.4) is 0 Å². The van der Waals surface area contributed by atoms with Crippen molar-refractivity contribution in [2.45, 2.75) is 0 Å². The largest absolute Gasteiger partial charge is 0.338 e. The molecular weight excluding hydrogens is 369 g/mol. The minimum absolute atomic E-state index is 0.0147. The highest BCUT2D eigenvalue weighted by Crippen LogP contribution is 2.22. The van der Waals surface area contributed by atoms with Crippen LogP contribution in [0, 0.1) is 29.1 Å². The second-order valence-electron chi connectivity index (χ2n) is 5.36. The number of halogens is 5. The van der Waals surface area contributed by atoms with Gasteiger partial charge in [-0.3, -0.25) is 4.79 Å². The molecule has 0 aliphatic rings. The number of benzene rings is 2. The average Bonchev–Trinajstić information content (AvgIpc) is 2.65. The highest BCUT2D eigenvalue weighted by atomic mass is 19.2. The van der Waals surface area contributed by atoms with Crippen LogP contribution in [0.4, 0.5) is 39.1 Å². The lowest BCUT2D eigenvalue weighted by Crippen LogP contribution is -2.14. The molecule has 9 heteroatoms. The van der Waals surface area contributed by atoms with E-state index in [1.807, 2.05) is 0 Å². The van der Waals surface area contributed by atoms with E-state index >= 15 is 0 Å². The Bertz CT molecular complexity index is 1030. The summed E-state index contributed by atoms with van der Waals surface area (Å²) >= 11 is 0. The lowest BCUT2D eigenvalue weighted by molar-refractivity contribution is 0.102. The van der Waals surface area contributed by atoms with E-state index in [9.17, 15) is 26.7 Å². The lowest BCUT2D eigenvalue weighted by Gasteiger charge is -2.10. The van der Waals surface area contributed by atoms with Crippen molar-refractivity contribution in [2.75, 3.05) is 10.6 Å². The van der Waals surface area contributed by atoms with Gasteiger partial charge < -0.3 is 10.6 Å². The molecule has 0 saturated heterocycles. The highest BCUT2D eigenvalue weighted by Gasteiger charge is 2.16. The van der Waals surface area contributed by atoms with Crippen molar-refractivity contribution >= 4 is 23.1 Å². The Morgan fingerprint density at radius 2 is 1.56 bits per heavy atom. The fourth-order valence-electron chi connectivity index (χ4n) is 2.19. The van der Waals surface area contributed by atoms with Crippen LogP contribution >= 0.6 is 0 Å². The number of carbonyl (C=O) groups excluding carboxylic acids is 1. The predicted octanol–water partition coefficient (Wildman–Crippen LogP) is 4.77. The van der Waals surface area contributed by atoms with Crippen molar-refractivity contribution < 1.29 is 26.7 Å². The van der Waals surface area contributed by atoms with Gasteiger partial charge in [-0.05, 0) is 36.4 Å². The lowest BCUT2D eigenvalue weighted by atomic mass is 10.2. The van der Waals surface area contributed by atoms with Crippen molar-refractivity contribution in [3.05, 3.63) is 83.3 Å². The zero-order valence-electron chi connectivity index (χ0n) is 13.4. The first kappa shape index (κ1) is 18.3. The molecule has 138 valence electrons. The van der Waals surface area contributed by atoms with E-state index in [4.69, 9.17) is 0 Å². The molecule has 0 atom stereocenters. The summed E-state index contributed by atoms with van der Waals surface area (Å²) in [6, 6.07) is 6.90. The van der Waals surface area contributed by atoms with Gasteiger partial charge >= 0.3 is 0 Å². The molecule has 3 aromatic rings. The normalized spacial score (nSPS) is 10.6. The third kappa shape index (κ3) is 4.02. The summed E-state index contributed by atoms with van der Waals surface area (Å²) in [5, 5.41) is 4.67. The summed E-state index contributed by atoms with van der Waals surface area (Å²) in [7, 11) is 0. The molecule has 1 amide bonds. The van der Waals surface area contributed by atoms with E-state index in [0.29, 0.717) is 12.1 Å². The molecule has 1 heterocycles. The van der Waals surface area contributed by atoms with Gasteiger partial charge in [-0.1, -0.05) is 0 Å². The maximum Gasteiger partial charge on any atom is 0.255 e. The van der Waals surface area contributed by atoms with Crippen molar-refractivity contribution in [3.63, 3.8) is 0 Å². The Kier molecular flexibility index (Phi) is 5.02. The number of carbonyl (C=O) groups is 1. The number of hydrogen-bond acceptors (Lipinski definition) is 3. The highest BCUT2D eigenvalue weighted by molar-refractivity contribution is 6.04. The number of pyridine rings is 1. The summed E-state index contributed by atoms with van der Waals surface area (Å²) in [6.45, 7) is 0. The molecule has 0 spiro atoms. The zero-order chi connectivity index (χ0) is 19.6. The number of amides is 1. The molecule has 0 aliphatic carbocycles. The Labute approximate surface area is 149 Å². The zero-order valence-corrected chi connectivity index (χ0v) is 13.4. The van der Waals surface area contributed by atoms with Crippen LogP contribution in [0.5, 0.6) is 0 Å². The second-order valence-corrected chi connectivity index (χ2v) is 5.36. The predicted molar refractivity (Wildman–Crippen MR) is 88.1 cm³/mol. The molecule has 0 bridgehead atoms. The number of nitrogens with one attached hydrogen (secondary N) is 2. The number of nitrogens with zero attached hydrogens (tertiary/aromatic N) is 1. The van der Waals surface area contributed by atoms with Gasteiger partial charge in [0.1, 0.15) is 17.5 Å². The van der Waals surface area contributed by atoms with Gasteiger partial charge in [0.05, 0.1) is 11.4 Å². The van der Waals surface area contributed by atoms with Gasteiger partial charge in [0.15, 0.2) is 17.5 Å². The van der Waals surface area contributed by atoms with Crippen LogP contribution in [0.25, 0.3) is 0 Å². The standard InChI is InChI=1S/C18H10F5N3O/c19-10-1-3-13(12(21)8-10)25-15-7-9(5-6-24-15)18(27)26-14-4-2-11(20)16(22)17(14)23/h1-8H,(H,24,25)(H,26,27). The quantitative estimate of drug-likeness (QED) is 0.507. The third-order valence-corrected chi connectivity index (χ3v) is 3.50. The van der Waals surface area contributed by atoms with Crippen LogP contribution in [0.2, 0.25) is 0 Å². The van der Waals surface area contributed by atoms with Gasteiger partial charge in [0.2, 0.25) is 0 Å². The SMILES string of the molecule is O=C(Nc1ccc(F)c(F)c1F)c1ccnc(Nc2ccc(F)cc2F)c1. The van der Waals surface area contributed by atoms with Crippen molar-refractivity contribution in [1.82, 2.24) is 4.98 Å². The van der Waals surface area contributed by atoms with Crippen molar-refractivity contribution in [2.24, 2.45) is 0 Å². The van der Waals surface area contributed by atoms with E-state index in [0.717, 1.165) is 18.2 Å². The first-order valence-electron chi connectivity index (χ1n) is 7.48. The van der Waals surface area contributed by atoms with E-state index in [1.165, 1.54) is 18.3 Å². The summed E-state index contributed by atoms with van der Waals surface area (Å²) < 4.78 is 66.4. The number of rotatable bonds is 4. The fraction of sp³-hybridized carbons (Fsp3) is 0. The number of hydrogen-bond donors (Lipinski definition) is 2. The van der Waals surface area contributed by atoms with Gasteiger partial charge in [0, 0.05) is 17.8 Å². The fourth-order valence-corrected chi connectivity index (χ4v) is 2.19. The van der Waals surface area contributed by atoms with E-state index < -0.39 is 40.7 Å². The first-order chi connectivity index (χ1) is 12.8. The molecule has 3 rings (SSSR count). The maximum atomic E-state index is 13.7. The summed E-state index contributed by atoms with van der Waals surface area (Å²) in [4.78, 5) is 16.1. The molecule has 4 nitrogen and oxygen atoms in total. The minimum Gasteiger partial charge on any atom is -0.338 e.